The number of hydrogen-bond acceptors (Lipinski definition) is 1. The summed E-state index contributed by atoms with van der Waals surface area (Å²) in [6.07, 6.45) is 0.342. The number of anilines is 1. The quantitative estimate of drug-likeness (QED) is 0.573. The molecular formula is C21H17Cl2NO. The average molecular weight is 370 g/mol. The molecule has 0 bridgehead atoms. The van der Waals surface area contributed by atoms with Crippen LogP contribution in [0.2, 0.25) is 10.0 Å². The second-order valence-corrected chi connectivity index (χ2v) is 6.57. The zero-order valence-corrected chi connectivity index (χ0v) is 15.0. The Hall–Kier alpha value is -2.29. The van der Waals surface area contributed by atoms with E-state index in [-0.39, 0.29) is 11.8 Å². The molecule has 4 heteroatoms. The monoisotopic (exact) mass is 369 g/mol. The van der Waals surface area contributed by atoms with Crippen LogP contribution in [-0.4, -0.2) is 5.91 Å². The van der Waals surface area contributed by atoms with Gasteiger partial charge >= 0.3 is 0 Å². The molecule has 0 aliphatic carbocycles. The van der Waals surface area contributed by atoms with E-state index in [0.29, 0.717) is 22.2 Å². The first-order chi connectivity index (χ1) is 12.1. The molecule has 0 saturated carbocycles. The second kappa shape index (κ2) is 8.19. The fourth-order valence-electron chi connectivity index (χ4n) is 2.77. The van der Waals surface area contributed by atoms with E-state index in [4.69, 9.17) is 23.2 Å². The van der Waals surface area contributed by atoms with Crippen molar-refractivity contribution in [3.05, 3.63) is 100 Å². The van der Waals surface area contributed by atoms with Gasteiger partial charge in [0.15, 0.2) is 0 Å². The van der Waals surface area contributed by atoms with Gasteiger partial charge in [0.1, 0.15) is 0 Å². The van der Waals surface area contributed by atoms with Gasteiger partial charge in [-0.3, -0.25) is 4.79 Å². The van der Waals surface area contributed by atoms with Crippen LogP contribution in [0.15, 0.2) is 78.9 Å². The van der Waals surface area contributed by atoms with E-state index >= 15 is 0 Å². The summed E-state index contributed by atoms with van der Waals surface area (Å²) in [4.78, 5) is 12.6. The lowest BCUT2D eigenvalue weighted by Crippen LogP contribution is -2.16. The first kappa shape index (κ1) is 17.5. The lowest BCUT2D eigenvalue weighted by molar-refractivity contribution is -0.116. The number of carbonyl (C=O) groups is 1. The van der Waals surface area contributed by atoms with Gasteiger partial charge in [-0.05, 0) is 29.3 Å². The summed E-state index contributed by atoms with van der Waals surface area (Å²) in [5.74, 6) is -0.0822. The Morgan fingerprint density at radius 3 is 1.88 bits per heavy atom. The van der Waals surface area contributed by atoms with Crippen LogP contribution in [0.4, 0.5) is 5.69 Å². The molecule has 0 atom stereocenters. The van der Waals surface area contributed by atoms with Crippen LogP contribution >= 0.6 is 23.2 Å². The SMILES string of the molecule is O=C(CC(c1ccccc1)c1ccccc1)Nc1ccc(Cl)c(Cl)c1. The first-order valence-electron chi connectivity index (χ1n) is 7.98. The number of benzene rings is 3. The van der Waals surface area contributed by atoms with Gasteiger partial charge in [0.2, 0.25) is 5.91 Å². The van der Waals surface area contributed by atoms with Crippen LogP contribution in [0, 0.1) is 0 Å². The maximum Gasteiger partial charge on any atom is 0.225 e. The minimum Gasteiger partial charge on any atom is -0.326 e. The van der Waals surface area contributed by atoms with Crippen LogP contribution in [-0.2, 0) is 4.79 Å². The first-order valence-corrected chi connectivity index (χ1v) is 8.74. The molecule has 126 valence electrons. The van der Waals surface area contributed by atoms with Gasteiger partial charge in [0, 0.05) is 18.0 Å². The van der Waals surface area contributed by atoms with E-state index in [9.17, 15) is 4.79 Å². The molecule has 0 unspecified atom stereocenters. The van der Waals surface area contributed by atoms with E-state index in [0.717, 1.165) is 11.1 Å². The molecule has 1 N–H and O–H groups in total. The Morgan fingerprint density at radius 2 is 1.36 bits per heavy atom. The normalized spacial score (nSPS) is 10.7. The number of hydrogen-bond donors (Lipinski definition) is 1. The molecule has 0 aliphatic rings. The van der Waals surface area contributed by atoms with Crippen LogP contribution in [0.5, 0.6) is 0 Å². The molecule has 3 rings (SSSR count). The van der Waals surface area contributed by atoms with Crippen molar-refractivity contribution in [1.82, 2.24) is 0 Å². The zero-order valence-electron chi connectivity index (χ0n) is 13.5. The fourth-order valence-corrected chi connectivity index (χ4v) is 3.07. The minimum absolute atomic E-state index is 0.00910. The number of rotatable bonds is 5. The predicted octanol–water partition coefficient (Wildman–Crippen LogP) is 6.15. The lowest BCUT2D eigenvalue weighted by Gasteiger charge is -2.18. The molecule has 3 aromatic rings. The molecule has 0 radical (unpaired) electrons. The van der Waals surface area contributed by atoms with Gasteiger partial charge in [-0.1, -0.05) is 83.9 Å². The topological polar surface area (TPSA) is 29.1 Å². The molecule has 0 aromatic heterocycles. The Bertz CT molecular complexity index is 811. The van der Waals surface area contributed by atoms with Crippen molar-refractivity contribution in [2.75, 3.05) is 5.32 Å². The second-order valence-electron chi connectivity index (χ2n) is 5.76. The molecule has 0 heterocycles. The molecule has 0 spiro atoms. The van der Waals surface area contributed by atoms with Crippen molar-refractivity contribution in [2.24, 2.45) is 0 Å². The summed E-state index contributed by atoms with van der Waals surface area (Å²) < 4.78 is 0. The molecule has 0 fully saturated rings. The molecule has 3 aromatic carbocycles. The molecule has 25 heavy (non-hydrogen) atoms. The predicted molar refractivity (Wildman–Crippen MR) is 104 cm³/mol. The number of amides is 1. The van der Waals surface area contributed by atoms with Crippen molar-refractivity contribution >= 4 is 34.8 Å². The van der Waals surface area contributed by atoms with Crippen molar-refractivity contribution in [1.29, 1.82) is 0 Å². The summed E-state index contributed by atoms with van der Waals surface area (Å²) in [7, 11) is 0. The van der Waals surface area contributed by atoms with Crippen molar-refractivity contribution in [3.63, 3.8) is 0 Å². The summed E-state index contributed by atoms with van der Waals surface area (Å²) >= 11 is 11.9. The highest BCUT2D eigenvalue weighted by atomic mass is 35.5. The van der Waals surface area contributed by atoms with Crippen LogP contribution in [0.25, 0.3) is 0 Å². The zero-order chi connectivity index (χ0) is 17.6. The molecule has 2 nitrogen and oxygen atoms in total. The van der Waals surface area contributed by atoms with E-state index < -0.39 is 0 Å². The van der Waals surface area contributed by atoms with E-state index in [1.54, 1.807) is 18.2 Å². The number of carbonyl (C=O) groups excluding carboxylic acids is 1. The van der Waals surface area contributed by atoms with Gasteiger partial charge < -0.3 is 5.32 Å². The average Bonchev–Trinajstić information content (AvgIpc) is 2.64. The Labute approximate surface area is 157 Å². The maximum absolute atomic E-state index is 12.6. The van der Waals surface area contributed by atoms with Crippen LogP contribution in [0.3, 0.4) is 0 Å². The van der Waals surface area contributed by atoms with E-state index in [1.807, 2.05) is 60.7 Å². The number of halogens is 2. The number of nitrogens with one attached hydrogen (secondary N) is 1. The summed E-state index contributed by atoms with van der Waals surface area (Å²) in [5, 5.41) is 3.78. The van der Waals surface area contributed by atoms with Gasteiger partial charge in [0.05, 0.1) is 10.0 Å². The van der Waals surface area contributed by atoms with Gasteiger partial charge in [-0.15, -0.1) is 0 Å². The van der Waals surface area contributed by atoms with Gasteiger partial charge in [0.25, 0.3) is 0 Å². The summed E-state index contributed by atoms with van der Waals surface area (Å²) in [6, 6.07) is 25.2. The Morgan fingerprint density at radius 1 is 0.800 bits per heavy atom. The molecule has 0 aliphatic heterocycles. The molecule has 0 saturated heterocycles. The van der Waals surface area contributed by atoms with Gasteiger partial charge in [-0.2, -0.15) is 0 Å². The van der Waals surface area contributed by atoms with Crippen molar-refractivity contribution in [3.8, 4) is 0 Å². The van der Waals surface area contributed by atoms with Crippen LogP contribution < -0.4 is 5.32 Å². The van der Waals surface area contributed by atoms with Crippen LogP contribution in [0.1, 0.15) is 23.5 Å². The fraction of sp³-hybridized carbons (Fsp3) is 0.0952. The smallest absolute Gasteiger partial charge is 0.225 e. The maximum atomic E-state index is 12.6. The summed E-state index contributed by atoms with van der Waals surface area (Å²) in [5.41, 5.74) is 2.86. The Kier molecular flexibility index (Phi) is 5.75. The third-order valence-electron chi connectivity index (χ3n) is 4.00. The van der Waals surface area contributed by atoms with E-state index in [2.05, 4.69) is 5.32 Å². The minimum atomic E-state index is -0.0731. The van der Waals surface area contributed by atoms with Gasteiger partial charge in [-0.25, -0.2) is 0 Å². The third-order valence-corrected chi connectivity index (χ3v) is 4.74. The lowest BCUT2D eigenvalue weighted by atomic mass is 9.88. The highest BCUT2D eigenvalue weighted by molar-refractivity contribution is 6.42. The Balaban J connectivity index is 1.80. The standard InChI is InChI=1S/C21H17Cl2NO/c22-19-12-11-17(13-20(19)23)24-21(25)14-18(15-7-3-1-4-8-15)16-9-5-2-6-10-16/h1-13,18H,14H2,(H,24,25). The van der Waals surface area contributed by atoms with Crippen molar-refractivity contribution in [2.45, 2.75) is 12.3 Å². The summed E-state index contributed by atoms with van der Waals surface area (Å²) in [6.45, 7) is 0. The highest BCUT2D eigenvalue weighted by Crippen LogP contribution is 2.29. The largest absolute Gasteiger partial charge is 0.326 e. The van der Waals surface area contributed by atoms with E-state index in [1.165, 1.54) is 0 Å². The molecular weight excluding hydrogens is 353 g/mol. The molecule has 1 amide bonds. The highest BCUT2D eigenvalue weighted by Gasteiger charge is 2.18. The third kappa shape index (κ3) is 4.62. The van der Waals surface area contributed by atoms with Crippen molar-refractivity contribution < 1.29 is 4.79 Å².